The number of hydrogen-bond donors (Lipinski definition) is 1. The van der Waals surface area contributed by atoms with Crippen LogP contribution < -0.4 is 0 Å². The van der Waals surface area contributed by atoms with E-state index in [0.29, 0.717) is 18.8 Å². The van der Waals surface area contributed by atoms with Crippen molar-refractivity contribution in [2.75, 3.05) is 27.3 Å². The molecule has 1 N–H and O–H groups in total. The van der Waals surface area contributed by atoms with Gasteiger partial charge >= 0.3 is 11.9 Å². The Morgan fingerprint density at radius 3 is 2.38 bits per heavy atom. The van der Waals surface area contributed by atoms with Crippen LogP contribution in [0.3, 0.4) is 0 Å². The van der Waals surface area contributed by atoms with Crippen molar-refractivity contribution < 1.29 is 24.2 Å². The third-order valence-corrected chi connectivity index (χ3v) is 4.85. The summed E-state index contributed by atoms with van der Waals surface area (Å²) in [4.78, 5) is 30.7. The summed E-state index contributed by atoms with van der Waals surface area (Å²) in [5, 5.41) is 11.1. The summed E-state index contributed by atoms with van der Waals surface area (Å²) in [6.07, 6.45) is -0.331. The predicted octanol–water partition coefficient (Wildman–Crippen LogP) is 2.38. The molecule has 0 bridgehead atoms. The third kappa shape index (κ3) is 3.26. The first-order chi connectivity index (χ1) is 12.2. The zero-order chi connectivity index (χ0) is 19.6. The SMILES string of the molecule is CCN(CC)C1=C(C(=O)OC)C[C@](O)(C(=O)OC)c2cc(Cl)nc(Cl)c21. The van der Waals surface area contributed by atoms with Gasteiger partial charge in [0.25, 0.3) is 0 Å². The van der Waals surface area contributed by atoms with E-state index in [4.69, 9.17) is 32.7 Å². The first kappa shape index (κ1) is 20.5. The number of aliphatic hydroxyl groups is 1. The predicted molar refractivity (Wildman–Crippen MR) is 96.6 cm³/mol. The first-order valence-electron chi connectivity index (χ1n) is 7.99. The number of rotatable bonds is 5. The molecule has 0 spiro atoms. The average molecular weight is 403 g/mol. The van der Waals surface area contributed by atoms with E-state index >= 15 is 0 Å². The maximum absolute atomic E-state index is 12.4. The van der Waals surface area contributed by atoms with Gasteiger partial charge in [-0.2, -0.15) is 0 Å². The van der Waals surface area contributed by atoms with Gasteiger partial charge in [0.05, 0.1) is 25.5 Å². The van der Waals surface area contributed by atoms with Gasteiger partial charge < -0.3 is 19.5 Å². The molecule has 1 aromatic heterocycles. The van der Waals surface area contributed by atoms with E-state index in [1.807, 2.05) is 18.7 Å². The lowest BCUT2D eigenvalue weighted by Crippen LogP contribution is -2.43. The molecule has 0 fully saturated rings. The third-order valence-electron chi connectivity index (χ3n) is 4.38. The molecular formula is C17H20Cl2N2O5. The van der Waals surface area contributed by atoms with Crippen LogP contribution in [0.25, 0.3) is 5.70 Å². The molecule has 26 heavy (non-hydrogen) atoms. The van der Waals surface area contributed by atoms with E-state index in [9.17, 15) is 14.7 Å². The molecule has 1 aromatic rings. The van der Waals surface area contributed by atoms with Crippen LogP contribution >= 0.6 is 23.2 Å². The number of nitrogens with zero attached hydrogens (tertiary/aromatic N) is 2. The van der Waals surface area contributed by atoms with Gasteiger partial charge in [-0.15, -0.1) is 0 Å². The lowest BCUT2D eigenvalue weighted by molar-refractivity contribution is -0.164. The van der Waals surface area contributed by atoms with Crippen LogP contribution in [0.2, 0.25) is 10.3 Å². The van der Waals surface area contributed by atoms with E-state index in [1.54, 1.807) is 0 Å². The van der Waals surface area contributed by atoms with Crippen molar-refractivity contribution in [2.24, 2.45) is 0 Å². The lowest BCUT2D eigenvalue weighted by Gasteiger charge is -2.38. The first-order valence-corrected chi connectivity index (χ1v) is 8.74. The monoisotopic (exact) mass is 402 g/mol. The number of fused-ring (bicyclic) bond motifs is 1. The van der Waals surface area contributed by atoms with Crippen molar-refractivity contribution in [3.63, 3.8) is 0 Å². The molecule has 0 saturated carbocycles. The van der Waals surface area contributed by atoms with Crippen molar-refractivity contribution in [3.8, 4) is 0 Å². The van der Waals surface area contributed by atoms with Crippen molar-refractivity contribution in [1.82, 2.24) is 9.88 Å². The van der Waals surface area contributed by atoms with Crippen LogP contribution in [-0.4, -0.2) is 54.2 Å². The molecule has 0 aliphatic heterocycles. The molecule has 1 aliphatic rings. The van der Waals surface area contributed by atoms with E-state index in [2.05, 4.69) is 4.98 Å². The van der Waals surface area contributed by atoms with E-state index in [0.717, 1.165) is 7.11 Å². The van der Waals surface area contributed by atoms with Gasteiger partial charge in [0.15, 0.2) is 5.60 Å². The summed E-state index contributed by atoms with van der Waals surface area (Å²) in [6, 6.07) is 1.36. The largest absolute Gasteiger partial charge is 0.467 e. The van der Waals surface area contributed by atoms with E-state index < -0.39 is 17.5 Å². The number of methoxy groups -OCH3 is 2. The molecule has 0 aromatic carbocycles. The maximum atomic E-state index is 12.4. The Labute approximate surface area is 161 Å². The highest BCUT2D eigenvalue weighted by molar-refractivity contribution is 6.34. The Morgan fingerprint density at radius 1 is 1.27 bits per heavy atom. The van der Waals surface area contributed by atoms with E-state index in [1.165, 1.54) is 13.2 Å². The fourth-order valence-electron chi connectivity index (χ4n) is 3.15. The van der Waals surface area contributed by atoms with Gasteiger partial charge in [0.2, 0.25) is 0 Å². The van der Waals surface area contributed by atoms with Crippen molar-refractivity contribution in [3.05, 3.63) is 33.1 Å². The van der Waals surface area contributed by atoms with Crippen LogP contribution in [0.1, 0.15) is 31.4 Å². The van der Waals surface area contributed by atoms with Crippen molar-refractivity contribution in [2.45, 2.75) is 25.9 Å². The van der Waals surface area contributed by atoms with Crippen LogP contribution in [0.5, 0.6) is 0 Å². The number of carbonyl (C=O) groups is 2. The summed E-state index contributed by atoms with van der Waals surface area (Å²) in [7, 11) is 2.37. The lowest BCUT2D eigenvalue weighted by atomic mass is 9.77. The number of esters is 2. The summed E-state index contributed by atoms with van der Waals surface area (Å²) >= 11 is 12.3. The highest BCUT2D eigenvalue weighted by Gasteiger charge is 2.49. The molecule has 0 saturated heterocycles. The van der Waals surface area contributed by atoms with Crippen LogP contribution in [0.15, 0.2) is 11.6 Å². The average Bonchev–Trinajstić information content (AvgIpc) is 2.62. The molecule has 2 rings (SSSR count). The molecule has 0 radical (unpaired) electrons. The van der Waals surface area contributed by atoms with Crippen LogP contribution in [0.4, 0.5) is 0 Å². The molecule has 142 valence electrons. The molecule has 1 aliphatic carbocycles. The molecule has 7 nitrogen and oxygen atoms in total. The minimum absolute atomic E-state index is 0.0106. The van der Waals surface area contributed by atoms with Gasteiger partial charge in [-0.05, 0) is 19.9 Å². The van der Waals surface area contributed by atoms with E-state index in [-0.39, 0.29) is 33.4 Å². The normalized spacial score (nSPS) is 19.0. The number of pyridine rings is 1. The van der Waals surface area contributed by atoms with Gasteiger partial charge in [0, 0.05) is 30.6 Å². The second-order valence-electron chi connectivity index (χ2n) is 5.68. The number of hydrogen-bond acceptors (Lipinski definition) is 7. The summed E-state index contributed by atoms with van der Waals surface area (Å²) < 4.78 is 9.62. The summed E-state index contributed by atoms with van der Waals surface area (Å²) in [6.45, 7) is 4.93. The zero-order valence-corrected chi connectivity index (χ0v) is 16.4. The zero-order valence-electron chi connectivity index (χ0n) is 14.9. The highest BCUT2D eigenvalue weighted by atomic mass is 35.5. The molecular weight excluding hydrogens is 383 g/mol. The second-order valence-corrected chi connectivity index (χ2v) is 6.42. The Morgan fingerprint density at radius 2 is 1.88 bits per heavy atom. The second kappa shape index (κ2) is 7.82. The number of ether oxygens (including phenoxy) is 2. The fourth-order valence-corrected chi connectivity index (χ4v) is 3.67. The Hall–Kier alpha value is -1.83. The number of carbonyl (C=O) groups excluding carboxylic acids is 2. The van der Waals surface area contributed by atoms with Gasteiger partial charge in [0.1, 0.15) is 10.3 Å². The van der Waals surface area contributed by atoms with Crippen LogP contribution in [-0.2, 0) is 24.7 Å². The molecule has 1 atom stereocenters. The van der Waals surface area contributed by atoms with Crippen molar-refractivity contribution in [1.29, 1.82) is 0 Å². The standard InChI is InChI=1S/C17H20Cl2N2O5/c1-5-21(6-2)13-9(15(22)25-3)8-17(24,16(23)26-4)10-7-11(18)20-14(19)12(10)13/h7,24H,5-6,8H2,1-4H3/t17-/m1/s1. The quantitative estimate of drug-likeness (QED) is 0.597. The van der Waals surface area contributed by atoms with Gasteiger partial charge in [-0.3, -0.25) is 0 Å². The minimum atomic E-state index is -2.14. The smallest absolute Gasteiger partial charge is 0.342 e. The minimum Gasteiger partial charge on any atom is -0.467 e. The van der Waals surface area contributed by atoms with Crippen molar-refractivity contribution >= 4 is 40.8 Å². The topological polar surface area (TPSA) is 89.0 Å². The summed E-state index contributed by atoms with van der Waals surface area (Å²) in [5.41, 5.74) is -1.16. The molecule has 1 heterocycles. The fraction of sp³-hybridized carbons (Fsp3) is 0.471. The Kier molecular flexibility index (Phi) is 6.16. The maximum Gasteiger partial charge on any atom is 0.342 e. The van der Waals surface area contributed by atoms with Gasteiger partial charge in [-0.25, -0.2) is 14.6 Å². The Bertz CT molecular complexity index is 777. The molecule has 9 heteroatoms. The van der Waals surface area contributed by atoms with Gasteiger partial charge in [-0.1, -0.05) is 23.2 Å². The summed E-state index contributed by atoms with van der Waals surface area (Å²) in [5.74, 6) is -1.61. The highest BCUT2D eigenvalue weighted by Crippen LogP contribution is 2.46. The van der Waals surface area contributed by atoms with Crippen LogP contribution in [0, 0.1) is 0 Å². The molecule has 0 unspecified atom stereocenters. The number of halogens is 2. The number of aromatic nitrogens is 1. The Balaban J connectivity index is 2.93. The molecule has 0 amide bonds.